The van der Waals surface area contributed by atoms with Gasteiger partial charge in [-0.25, -0.2) is 0 Å². The molecule has 1 saturated carbocycles. The van der Waals surface area contributed by atoms with E-state index in [1.807, 2.05) is 38.1 Å². The van der Waals surface area contributed by atoms with Crippen molar-refractivity contribution in [3.63, 3.8) is 0 Å². The molecule has 0 bridgehead atoms. The molecule has 0 radical (unpaired) electrons. The van der Waals surface area contributed by atoms with Crippen molar-refractivity contribution in [1.82, 2.24) is 4.68 Å². The molecule has 1 fully saturated rings. The monoisotopic (exact) mass is 370 g/mol. The number of carbonyl (C=O) groups is 2. The maximum atomic E-state index is 12.7. The van der Waals surface area contributed by atoms with E-state index in [0.717, 1.165) is 11.4 Å². The Bertz CT molecular complexity index is 777. The van der Waals surface area contributed by atoms with Crippen molar-refractivity contribution in [3.05, 3.63) is 58.9 Å². The van der Waals surface area contributed by atoms with Gasteiger partial charge < -0.3 is 0 Å². The van der Waals surface area contributed by atoms with Crippen LogP contribution in [-0.4, -0.2) is 27.4 Å². The second kappa shape index (κ2) is 8.58. The first-order chi connectivity index (χ1) is 12.6. The van der Waals surface area contributed by atoms with Gasteiger partial charge in [0.15, 0.2) is 5.78 Å². The molecule has 5 heteroatoms. The topological polar surface area (TPSA) is 51.1 Å². The number of ketones is 1. The van der Waals surface area contributed by atoms with E-state index >= 15 is 0 Å². The Hall–Kier alpha value is -2.01. The molecule has 0 atom stereocenters. The third-order valence-electron chi connectivity index (χ3n) is 4.98. The van der Waals surface area contributed by atoms with Crippen LogP contribution < -0.4 is 5.43 Å². The summed E-state index contributed by atoms with van der Waals surface area (Å²) in [7, 11) is 0. The van der Waals surface area contributed by atoms with E-state index in [0.29, 0.717) is 22.1 Å². The first kappa shape index (κ1) is 18.8. The van der Waals surface area contributed by atoms with E-state index in [4.69, 9.17) is 0 Å². The molecule has 0 saturated heterocycles. The normalized spacial score (nSPS) is 15.0. The van der Waals surface area contributed by atoms with Crippen LogP contribution in [0.4, 0.5) is 0 Å². The largest absolute Gasteiger partial charge is 0.293 e. The third kappa shape index (κ3) is 4.39. The van der Waals surface area contributed by atoms with Gasteiger partial charge in [0.2, 0.25) is 0 Å². The fourth-order valence-electron chi connectivity index (χ4n) is 3.48. The summed E-state index contributed by atoms with van der Waals surface area (Å²) in [5.74, 6) is 0.485. The molecular formula is C21H26N2O2S. The summed E-state index contributed by atoms with van der Waals surface area (Å²) >= 11 is 1.79. The molecule has 2 aromatic rings. The molecule has 138 valence electrons. The molecule has 1 aromatic carbocycles. The molecule has 1 heterocycles. The number of Topliss-reactive ketones (excluding diaryl/α,β-unsaturated/α-hetero) is 1. The maximum Gasteiger partial charge on any atom is 0.270 e. The Morgan fingerprint density at radius 2 is 1.81 bits per heavy atom. The van der Waals surface area contributed by atoms with Crippen molar-refractivity contribution in [2.24, 2.45) is 0 Å². The van der Waals surface area contributed by atoms with Gasteiger partial charge in [-0.1, -0.05) is 37.5 Å². The van der Waals surface area contributed by atoms with Crippen molar-refractivity contribution in [2.45, 2.75) is 51.2 Å². The lowest BCUT2D eigenvalue weighted by molar-refractivity contribution is 0.0999. The Morgan fingerprint density at radius 1 is 1.12 bits per heavy atom. The zero-order valence-corrected chi connectivity index (χ0v) is 16.3. The van der Waals surface area contributed by atoms with Gasteiger partial charge in [-0.05, 0) is 44.9 Å². The summed E-state index contributed by atoms with van der Waals surface area (Å²) in [5.41, 5.74) is 5.85. The number of nitrogens with zero attached hydrogens (tertiary/aromatic N) is 1. The lowest BCUT2D eigenvalue weighted by Gasteiger charge is -2.20. The minimum absolute atomic E-state index is 0.147. The Balaban J connectivity index is 1.67. The van der Waals surface area contributed by atoms with Crippen LogP contribution in [0.5, 0.6) is 0 Å². The van der Waals surface area contributed by atoms with Crippen LogP contribution >= 0.6 is 11.8 Å². The molecule has 1 aromatic heterocycles. The van der Waals surface area contributed by atoms with Crippen molar-refractivity contribution in [2.75, 3.05) is 11.2 Å². The second-order valence-electron chi connectivity index (χ2n) is 6.92. The van der Waals surface area contributed by atoms with Crippen molar-refractivity contribution in [3.8, 4) is 0 Å². The van der Waals surface area contributed by atoms with Gasteiger partial charge >= 0.3 is 0 Å². The Kier molecular flexibility index (Phi) is 6.20. The van der Waals surface area contributed by atoms with E-state index in [-0.39, 0.29) is 11.7 Å². The molecule has 1 N–H and O–H groups in total. The molecule has 3 rings (SSSR count). The number of carbonyl (C=O) groups excluding carboxylic acids is 2. The summed E-state index contributed by atoms with van der Waals surface area (Å²) in [6.07, 6.45) is 6.35. The molecule has 1 aliphatic carbocycles. The Morgan fingerprint density at radius 3 is 2.50 bits per heavy atom. The number of nitrogens with one attached hydrogen (secondary N) is 1. The van der Waals surface area contributed by atoms with Gasteiger partial charge in [-0.15, -0.1) is 0 Å². The van der Waals surface area contributed by atoms with Crippen molar-refractivity contribution >= 4 is 23.5 Å². The minimum Gasteiger partial charge on any atom is -0.293 e. The number of hydrogen-bond donors (Lipinski definition) is 1. The molecule has 1 amide bonds. The van der Waals surface area contributed by atoms with Crippen LogP contribution in [0.2, 0.25) is 0 Å². The van der Waals surface area contributed by atoms with Crippen LogP contribution in [0.3, 0.4) is 0 Å². The summed E-state index contributed by atoms with van der Waals surface area (Å²) in [4.78, 5) is 25.1. The van der Waals surface area contributed by atoms with Crippen LogP contribution in [0.15, 0.2) is 36.4 Å². The summed E-state index contributed by atoms with van der Waals surface area (Å²) in [5, 5.41) is 0.619. The molecule has 0 aliphatic heterocycles. The molecule has 4 nitrogen and oxygen atoms in total. The summed E-state index contributed by atoms with van der Waals surface area (Å²) in [6, 6.07) is 11.0. The molecular weight excluding hydrogens is 344 g/mol. The van der Waals surface area contributed by atoms with E-state index in [2.05, 4.69) is 5.43 Å². The predicted molar refractivity (Wildman–Crippen MR) is 108 cm³/mol. The van der Waals surface area contributed by atoms with Gasteiger partial charge in [0, 0.05) is 27.8 Å². The van der Waals surface area contributed by atoms with Crippen molar-refractivity contribution < 1.29 is 9.59 Å². The predicted octanol–water partition coefficient (Wildman–Crippen LogP) is 4.74. The number of amides is 1. The average molecular weight is 371 g/mol. The average Bonchev–Trinajstić information content (AvgIpc) is 2.96. The van der Waals surface area contributed by atoms with E-state index in [1.165, 1.54) is 32.1 Å². The lowest BCUT2D eigenvalue weighted by Crippen LogP contribution is -2.25. The second-order valence-corrected chi connectivity index (χ2v) is 8.21. The number of rotatable bonds is 6. The van der Waals surface area contributed by atoms with E-state index in [9.17, 15) is 9.59 Å². The maximum absolute atomic E-state index is 12.7. The van der Waals surface area contributed by atoms with Crippen molar-refractivity contribution in [1.29, 1.82) is 0 Å². The van der Waals surface area contributed by atoms with Crippen LogP contribution in [0.1, 0.15) is 64.2 Å². The summed E-state index contributed by atoms with van der Waals surface area (Å²) < 4.78 is 1.72. The fraction of sp³-hybridized carbons (Fsp3) is 0.429. The molecule has 0 unspecified atom stereocenters. The van der Waals surface area contributed by atoms with Gasteiger partial charge in [0.05, 0.1) is 5.75 Å². The number of aromatic nitrogens is 1. The van der Waals surface area contributed by atoms with E-state index < -0.39 is 0 Å². The zero-order valence-electron chi connectivity index (χ0n) is 15.5. The number of benzene rings is 1. The van der Waals surface area contributed by atoms with Gasteiger partial charge in [-0.2, -0.15) is 11.8 Å². The quantitative estimate of drug-likeness (QED) is 0.748. The van der Waals surface area contributed by atoms with Crippen LogP contribution in [-0.2, 0) is 0 Å². The lowest BCUT2D eigenvalue weighted by atomic mass is 10.0. The summed E-state index contributed by atoms with van der Waals surface area (Å²) in [6.45, 7) is 3.79. The molecule has 0 spiro atoms. The van der Waals surface area contributed by atoms with Crippen LogP contribution in [0, 0.1) is 13.8 Å². The highest BCUT2D eigenvalue weighted by atomic mass is 32.2. The van der Waals surface area contributed by atoms with Crippen LogP contribution in [0.25, 0.3) is 0 Å². The number of aryl methyl sites for hydroxylation is 1. The van der Waals surface area contributed by atoms with E-state index in [1.54, 1.807) is 28.6 Å². The first-order valence-electron chi connectivity index (χ1n) is 9.26. The standard InChI is InChI=1S/C21H26N2O2S/c1-15-13-19(20(24)14-26-18-11-7-4-8-12-18)16(2)23(15)22-21(25)17-9-5-3-6-10-17/h3,5-6,9-10,13,18H,4,7-8,11-12,14H2,1-2H3,(H,22,25). The molecule has 1 aliphatic rings. The Labute approximate surface area is 159 Å². The SMILES string of the molecule is Cc1cc(C(=O)CSC2CCCCC2)c(C)n1NC(=O)c1ccccc1. The highest BCUT2D eigenvalue weighted by Gasteiger charge is 2.20. The van der Waals surface area contributed by atoms with Gasteiger partial charge in [-0.3, -0.25) is 19.7 Å². The molecule has 26 heavy (non-hydrogen) atoms. The minimum atomic E-state index is -0.178. The third-order valence-corrected chi connectivity index (χ3v) is 6.35. The number of hydrogen-bond acceptors (Lipinski definition) is 3. The smallest absolute Gasteiger partial charge is 0.270 e. The highest BCUT2D eigenvalue weighted by molar-refractivity contribution is 8.00. The zero-order chi connectivity index (χ0) is 18.5. The first-order valence-corrected chi connectivity index (χ1v) is 10.3. The fourth-order valence-corrected chi connectivity index (χ4v) is 4.69. The van der Waals surface area contributed by atoms with Gasteiger partial charge in [0.25, 0.3) is 5.91 Å². The number of thioether (sulfide) groups is 1. The van der Waals surface area contributed by atoms with Gasteiger partial charge in [0.1, 0.15) is 0 Å². The highest BCUT2D eigenvalue weighted by Crippen LogP contribution is 2.29.